The largest absolute Gasteiger partial charge is 0.381 e. The van der Waals surface area contributed by atoms with Gasteiger partial charge in [-0.2, -0.15) is 4.98 Å². The Morgan fingerprint density at radius 1 is 1.21 bits per heavy atom. The van der Waals surface area contributed by atoms with Gasteiger partial charge < -0.3 is 14.2 Å². The number of sulfone groups is 1. The maximum atomic E-state index is 11.6. The second-order valence-electron chi connectivity index (χ2n) is 6.21. The second kappa shape index (κ2) is 6.18. The Labute approximate surface area is 140 Å². The van der Waals surface area contributed by atoms with Crippen molar-refractivity contribution >= 4 is 15.5 Å². The summed E-state index contributed by atoms with van der Waals surface area (Å²) < 4.78 is 33.9. The van der Waals surface area contributed by atoms with Gasteiger partial charge in [0.05, 0.1) is 18.1 Å². The van der Waals surface area contributed by atoms with Crippen molar-refractivity contribution in [1.82, 2.24) is 10.1 Å². The van der Waals surface area contributed by atoms with Crippen molar-refractivity contribution in [2.45, 2.75) is 12.3 Å². The van der Waals surface area contributed by atoms with E-state index < -0.39 is 9.84 Å². The van der Waals surface area contributed by atoms with E-state index >= 15 is 0 Å². The molecule has 2 saturated heterocycles. The van der Waals surface area contributed by atoms with E-state index in [-0.39, 0.29) is 17.4 Å². The van der Waals surface area contributed by atoms with E-state index in [9.17, 15) is 8.42 Å². The quantitative estimate of drug-likeness (QED) is 0.829. The molecule has 4 rings (SSSR count). The van der Waals surface area contributed by atoms with Crippen LogP contribution in [0.2, 0.25) is 0 Å². The van der Waals surface area contributed by atoms with Crippen LogP contribution in [0.25, 0.3) is 11.5 Å². The summed E-state index contributed by atoms with van der Waals surface area (Å²) in [5, 5.41) is 4.08. The van der Waals surface area contributed by atoms with Crippen LogP contribution in [-0.2, 0) is 14.6 Å². The summed E-state index contributed by atoms with van der Waals surface area (Å²) in [6.07, 6.45) is 0.918. The molecule has 2 aromatic rings. The molecule has 1 atom stereocenters. The Balaban J connectivity index is 1.54. The molecule has 128 valence electrons. The first-order chi connectivity index (χ1) is 11.6. The molecule has 2 aliphatic heterocycles. The lowest BCUT2D eigenvalue weighted by Crippen LogP contribution is -2.40. The summed E-state index contributed by atoms with van der Waals surface area (Å²) in [5.74, 6) is 1.78. The van der Waals surface area contributed by atoms with Gasteiger partial charge in [-0.05, 0) is 24.6 Å². The Bertz CT molecular complexity index is 813. The molecule has 0 amide bonds. The molecule has 8 heteroatoms. The highest BCUT2D eigenvalue weighted by molar-refractivity contribution is 7.91. The molecule has 2 fully saturated rings. The maximum Gasteiger partial charge on any atom is 0.258 e. The predicted molar refractivity (Wildman–Crippen MR) is 88.8 cm³/mol. The third-order valence-corrected chi connectivity index (χ3v) is 6.15. The summed E-state index contributed by atoms with van der Waals surface area (Å²) in [6.45, 7) is 2.41. The number of ether oxygens (including phenoxy) is 1. The van der Waals surface area contributed by atoms with Crippen molar-refractivity contribution in [3.8, 4) is 11.5 Å². The van der Waals surface area contributed by atoms with Crippen LogP contribution in [0.15, 0.2) is 28.8 Å². The standard InChI is InChI=1S/C16H19N3O4S/c20-24(21)8-5-19(6-9-24)14-3-1-2-12(10-14)16-17-15(18-23-16)13-4-7-22-11-13/h1-3,10,13H,4-9,11H2. The lowest BCUT2D eigenvalue weighted by molar-refractivity contribution is 0.192. The lowest BCUT2D eigenvalue weighted by atomic mass is 10.1. The zero-order valence-corrected chi connectivity index (χ0v) is 14.0. The van der Waals surface area contributed by atoms with Gasteiger partial charge in [-0.1, -0.05) is 11.2 Å². The van der Waals surface area contributed by atoms with Gasteiger partial charge in [0.1, 0.15) is 0 Å². The van der Waals surface area contributed by atoms with E-state index in [0.717, 1.165) is 24.3 Å². The van der Waals surface area contributed by atoms with Crippen LogP contribution in [0.1, 0.15) is 18.2 Å². The van der Waals surface area contributed by atoms with Gasteiger partial charge in [0.2, 0.25) is 0 Å². The van der Waals surface area contributed by atoms with Gasteiger partial charge >= 0.3 is 0 Å². The van der Waals surface area contributed by atoms with Crippen molar-refractivity contribution in [2.24, 2.45) is 0 Å². The molecule has 1 unspecified atom stereocenters. The minimum Gasteiger partial charge on any atom is -0.381 e. The van der Waals surface area contributed by atoms with Crippen LogP contribution in [0, 0.1) is 0 Å². The smallest absolute Gasteiger partial charge is 0.258 e. The van der Waals surface area contributed by atoms with E-state index in [1.165, 1.54) is 0 Å². The van der Waals surface area contributed by atoms with Crippen molar-refractivity contribution in [3.63, 3.8) is 0 Å². The molecule has 0 spiro atoms. The first-order valence-corrected chi connectivity index (χ1v) is 9.90. The molecule has 0 saturated carbocycles. The Kier molecular flexibility index (Phi) is 4.01. The number of nitrogens with zero attached hydrogens (tertiary/aromatic N) is 3. The molecule has 3 heterocycles. The molecule has 0 bridgehead atoms. The highest BCUT2D eigenvalue weighted by Gasteiger charge is 2.24. The number of hydrogen-bond acceptors (Lipinski definition) is 7. The summed E-state index contributed by atoms with van der Waals surface area (Å²) in [4.78, 5) is 6.58. The zero-order valence-electron chi connectivity index (χ0n) is 13.2. The monoisotopic (exact) mass is 349 g/mol. The normalized spacial score (nSPS) is 23.5. The van der Waals surface area contributed by atoms with Crippen LogP contribution in [-0.4, -0.2) is 56.4 Å². The van der Waals surface area contributed by atoms with E-state index in [1.807, 2.05) is 24.3 Å². The highest BCUT2D eigenvalue weighted by Crippen LogP contribution is 2.28. The molecule has 1 aromatic heterocycles. The van der Waals surface area contributed by atoms with Crippen LogP contribution >= 0.6 is 0 Å². The van der Waals surface area contributed by atoms with Crippen molar-refractivity contribution in [3.05, 3.63) is 30.1 Å². The molecule has 0 aliphatic carbocycles. The average molecular weight is 349 g/mol. The van der Waals surface area contributed by atoms with Gasteiger partial charge in [-0.25, -0.2) is 8.42 Å². The fraction of sp³-hybridized carbons (Fsp3) is 0.500. The number of benzene rings is 1. The third-order valence-electron chi connectivity index (χ3n) is 4.54. The number of aromatic nitrogens is 2. The molecule has 24 heavy (non-hydrogen) atoms. The van der Waals surface area contributed by atoms with Gasteiger partial charge in [-0.3, -0.25) is 0 Å². The summed E-state index contributed by atoms with van der Waals surface area (Å²) in [6, 6.07) is 7.80. The first kappa shape index (κ1) is 15.6. The Hall–Kier alpha value is -1.93. The highest BCUT2D eigenvalue weighted by atomic mass is 32.2. The van der Waals surface area contributed by atoms with Gasteiger partial charge in [-0.15, -0.1) is 0 Å². The molecular weight excluding hydrogens is 330 g/mol. The zero-order chi connectivity index (χ0) is 16.6. The molecule has 7 nitrogen and oxygen atoms in total. The Morgan fingerprint density at radius 3 is 2.79 bits per heavy atom. The fourth-order valence-corrected chi connectivity index (χ4v) is 4.26. The lowest BCUT2D eigenvalue weighted by Gasteiger charge is -2.28. The van der Waals surface area contributed by atoms with Crippen molar-refractivity contribution < 1.29 is 17.7 Å². The first-order valence-electron chi connectivity index (χ1n) is 8.08. The van der Waals surface area contributed by atoms with E-state index in [4.69, 9.17) is 9.26 Å². The maximum absolute atomic E-state index is 11.6. The number of rotatable bonds is 3. The van der Waals surface area contributed by atoms with E-state index in [1.54, 1.807) is 0 Å². The SMILES string of the molecule is O=S1(=O)CCN(c2cccc(-c3nc(C4CCOC4)no3)c2)CC1. The Morgan fingerprint density at radius 2 is 2.04 bits per heavy atom. The third kappa shape index (κ3) is 3.16. The number of anilines is 1. The summed E-state index contributed by atoms with van der Waals surface area (Å²) in [7, 11) is -2.89. The second-order valence-corrected chi connectivity index (χ2v) is 8.51. The van der Waals surface area contributed by atoms with Crippen LogP contribution < -0.4 is 4.90 Å². The molecule has 2 aliphatic rings. The molecule has 0 radical (unpaired) electrons. The minimum absolute atomic E-state index is 0.198. The number of hydrogen-bond donors (Lipinski definition) is 0. The topological polar surface area (TPSA) is 85.5 Å². The predicted octanol–water partition coefficient (Wildman–Crippen LogP) is 1.48. The van der Waals surface area contributed by atoms with Crippen LogP contribution in [0.5, 0.6) is 0 Å². The summed E-state index contributed by atoms with van der Waals surface area (Å²) in [5.41, 5.74) is 1.82. The van der Waals surface area contributed by atoms with Gasteiger partial charge in [0, 0.05) is 36.9 Å². The molecule has 0 N–H and O–H groups in total. The van der Waals surface area contributed by atoms with E-state index in [0.29, 0.717) is 31.4 Å². The molecule has 1 aromatic carbocycles. The fourth-order valence-electron chi connectivity index (χ4n) is 3.06. The minimum atomic E-state index is -2.89. The van der Waals surface area contributed by atoms with Crippen molar-refractivity contribution in [2.75, 3.05) is 42.7 Å². The average Bonchev–Trinajstić information content (AvgIpc) is 3.26. The van der Waals surface area contributed by atoms with E-state index in [2.05, 4.69) is 15.0 Å². The van der Waals surface area contributed by atoms with Crippen molar-refractivity contribution in [1.29, 1.82) is 0 Å². The van der Waals surface area contributed by atoms with Gasteiger partial charge in [0.25, 0.3) is 5.89 Å². The van der Waals surface area contributed by atoms with Crippen LogP contribution in [0.3, 0.4) is 0 Å². The van der Waals surface area contributed by atoms with Crippen LogP contribution in [0.4, 0.5) is 5.69 Å². The summed E-state index contributed by atoms with van der Waals surface area (Å²) >= 11 is 0. The molecular formula is C16H19N3O4S. The van der Waals surface area contributed by atoms with Gasteiger partial charge in [0.15, 0.2) is 15.7 Å².